The zero-order valence-corrected chi connectivity index (χ0v) is 22.5. The van der Waals surface area contributed by atoms with E-state index in [1.54, 1.807) is 4.90 Å². The summed E-state index contributed by atoms with van der Waals surface area (Å²) in [5, 5.41) is 0. The lowest BCUT2D eigenvalue weighted by Gasteiger charge is -2.27. The third-order valence-corrected chi connectivity index (χ3v) is 7.28. The minimum Gasteiger partial charge on any atom is -0.275 e. The Hall–Kier alpha value is -1.12. The molecule has 1 rings (SSSR count). The summed E-state index contributed by atoms with van der Waals surface area (Å²) in [4.78, 5) is 26.4. The molecule has 1 fully saturated rings. The van der Waals surface area contributed by atoms with Crippen molar-refractivity contribution in [1.82, 2.24) is 4.90 Å². The zero-order valence-electron chi connectivity index (χ0n) is 22.5. The number of unbranched alkanes of at least 4 members (excludes halogenated alkanes) is 17. The Kier molecular flexibility index (Phi) is 18.4. The van der Waals surface area contributed by atoms with E-state index in [0.29, 0.717) is 12.8 Å². The normalized spacial score (nSPS) is 15.6. The number of rotatable bonds is 22. The van der Waals surface area contributed by atoms with Crippen LogP contribution in [-0.2, 0) is 9.59 Å². The molecule has 1 saturated heterocycles. The van der Waals surface area contributed by atoms with Crippen molar-refractivity contribution in [3.8, 4) is 0 Å². The minimum atomic E-state index is -0.00397. The van der Waals surface area contributed by atoms with Crippen LogP contribution < -0.4 is 0 Å². The number of hydrogen-bond acceptors (Lipinski definition) is 2. The van der Waals surface area contributed by atoms with E-state index in [4.69, 9.17) is 0 Å². The molecule has 0 aromatic rings. The van der Waals surface area contributed by atoms with Crippen molar-refractivity contribution in [3.63, 3.8) is 0 Å². The summed E-state index contributed by atoms with van der Waals surface area (Å²) in [6.45, 7) is 6.67. The summed E-state index contributed by atoms with van der Waals surface area (Å²) in [6, 6.07) is -0.00397. The van der Waals surface area contributed by atoms with Crippen LogP contribution >= 0.6 is 0 Å². The summed E-state index contributed by atoms with van der Waals surface area (Å²) in [5.41, 5.74) is 1.23. The molecule has 0 spiro atoms. The first-order chi connectivity index (χ1) is 16.1. The van der Waals surface area contributed by atoms with E-state index in [0.717, 1.165) is 19.3 Å². The average molecular weight is 462 g/mol. The van der Waals surface area contributed by atoms with Gasteiger partial charge in [0.05, 0.1) is 6.04 Å². The fourth-order valence-electron chi connectivity index (χ4n) is 5.07. The van der Waals surface area contributed by atoms with Gasteiger partial charge in [0.25, 0.3) is 0 Å². The van der Waals surface area contributed by atoms with Crippen LogP contribution in [0.15, 0.2) is 11.6 Å². The number of hydrogen-bond donors (Lipinski definition) is 0. The van der Waals surface area contributed by atoms with Crippen molar-refractivity contribution in [1.29, 1.82) is 0 Å². The van der Waals surface area contributed by atoms with Crippen LogP contribution in [0.5, 0.6) is 0 Å². The van der Waals surface area contributed by atoms with E-state index in [1.807, 2.05) is 0 Å². The van der Waals surface area contributed by atoms with Gasteiger partial charge in [-0.1, -0.05) is 135 Å². The van der Waals surface area contributed by atoms with Crippen LogP contribution in [0, 0.1) is 0 Å². The van der Waals surface area contributed by atoms with E-state index in [1.165, 1.54) is 115 Å². The molecule has 0 aliphatic carbocycles. The van der Waals surface area contributed by atoms with Crippen LogP contribution in [0.25, 0.3) is 0 Å². The second kappa shape index (κ2) is 20.3. The van der Waals surface area contributed by atoms with Crippen LogP contribution in [0.3, 0.4) is 0 Å². The van der Waals surface area contributed by atoms with Gasteiger partial charge in [0, 0.05) is 12.8 Å². The maximum absolute atomic E-state index is 12.4. The van der Waals surface area contributed by atoms with Crippen molar-refractivity contribution in [2.75, 3.05) is 0 Å². The average Bonchev–Trinajstić information content (AvgIpc) is 3.14. The van der Waals surface area contributed by atoms with Gasteiger partial charge >= 0.3 is 0 Å². The molecule has 0 aromatic heterocycles. The Bertz CT molecular complexity index is 523. The number of allylic oxidation sites excluding steroid dienone is 1. The second-order valence-electron chi connectivity index (χ2n) is 10.4. The molecule has 3 heteroatoms. The third kappa shape index (κ3) is 14.0. The second-order valence-corrected chi connectivity index (χ2v) is 10.4. The van der Waals surface area contributed by atoms with E-state index < -0.39 is 0 Å². The van der Waals surface area contributed by atoms with Crippen molar-refractivity contribution >= 4 is 11.8 Å². The van der Waals surface area contributed by atoms with Crippen molar-refractivity contribution in [2.24, 2.45) is 0 Å². The van der Waals surface area contributed by atoms with Crippen LogP contribution in [0.2, 0.25) is 0 Å². The Morgan fingerprint density at radius 1 is 0.667 bits per heavy atom. The first-order valence-electron chi connectivity index (χ1n) is 14.6. The van der Waals surface area contributed by atoms with Gasteiger partial charge in [-0.15, -0.1) is 0 Å². The highest BCUT2D eigenvalue weighted by atomic mass is 16.2. The Labute approximate surface area is 206 Å². The number of amides is 2. The highest BCUT2D eigenvalue weighted by molar-refractivity contribution is 6.02. The first kappa shape index (κ1) is 29.9. The monoisotopic (exact) mass is 461 g/mol. The molecule has 1 heterocycles. The van der Waals surface area contributed by atoms with Crippen molar-refractivity contribution in [3.05, 3.63) is 11.6 Å². The molecule has 3 nitrogen and oxygen atoms in total. The standard InChI is InChI=1S/C30H55NO2/c1-4-6-8-10-12-13-14-15-16-18-20-22-24-28(31-29(32)25-26-30(31)33)27(3)23-21-19-17-11-9-7-5-2/h23,28H,4-22,24-26H2,1-3H3/b27-23+. The molecule has 0 bridgehead atoms. The summed E-state index contributed by atoms with van der Waals surface area (Å²) in [6.07, 6.45) is 29.0. The molecule has 0 radical (unpaired) electrons. The lowest BCUT2D eigenvalue weighted by molar-refractivity contribution is -0.140. The number of likely N-dealkylation sites (tertiary alicyclic amines) is 1. The van der Waals surface area contributed by atoms with E-state index in [-0.39, 0.29) is 17.9 Å². The van der Waals surface area contributed by atoms with Crippen molar-refractivity contribution < 1.29 is 9.59 Å². The van der Waals surface area contributed by atoms with Crippen LogP contribution in [0.4, 0.5) is 0 Å². The largest absolute Gasteiger partial charge is 0.275 e. The highest BCUT2D eigenvalue weighted by Gasteiger charge is 2.35. The topological polar surface area (TPSA) is 37.4 Å². The third-order valence-electron chi connectivity index (χ3n) is 7.28. The molecular formula is C30H55NO2. The predicted molar refractivity (Wildman–Crippen MR) is 142 cm³/mol. The fourth-order valence-corrected chi connectivity index (χ4v) is 5.07. The number of carbonyl (C=O) groups excluding carboxylic acids is 2. The molecule has 0 aromatic carbocycles. The summed E-state index contributed by atoms with van der Waals surface area (Å²) >= 11 is 0. The fraction of sp³-hybridized carbons (Fsp3) is 0.867. The molecule has 1 aliphatic heterocycles. The van der Waals surface area contributed by atoms with Gasteiger partial charge in [-0.3, -0.25) is 14.5 Å². The van der Waals surface area contributed by atoms with Crippen LogP contribution in [0.1, 0.15) is 162 Å². The highest BCUT2D eigenvalue weighted by Crippen LogP contribution is 2.25. The Morgan fingerprint density at radius 3 is 1.52 bits per heavy atom. The molecule has 1 unspecified atom stereocenters. The van der Waals surface area contributed by atoms with Gasteiger partial charge in [-0.05, 0) is 26.2 Å². The molecule has 33 heavy (non-hydrogen) atoms. The number of carbonyl (C=O) groups is 2. The molecular weight excluding hydrogens is 406 g/mol. The molecule has 0 N–H and O–H groups in total. The molecule has 0 saturated carbocycles. The minimum absolute atomic E-state index is 0.00397. The van der Waals surface area contributed by atoms with Gasteiger partial charge in [0.2, 0.25) is 11.8 Å². The summed E-state index contributed by atoms with van der Waals surface area (Å²) in [7, 11) is 0. The molecule has 1 aliphatic rings. The maximum Gasteiger partial charge on any atom is 0.230 e. The summed E-state index contributed by atoms with van der Waals surface area (Å²) < 4.78 is 0. The van der Waals surface area contributed by atoms with Crippen molar-refractivity contribution in [2.45, 2.75) is 168 Å². The number of imide groups is 1. The Morgan fingerprint density at radius 2 is 1.06 bits per heavy atom. The van der Waals surface area contributed by atoms with Crippen LogP contribution in [-0.4, -0.2) is 22.8 Å². The van der Waals surface area contributed by atoms with E-state index >= 15 is 0 Å². The first-order valence-corrected chi connectivity index (χ1v) is 14.6. The van der Waals surface area contributed by atoms with Gasteiger partial charge in [-0.25, -0.2) is 0 Å². The van der Waals surface area contributed by atoms with Gasteiger partial charge in [-0.2, -0.15) is 0 Å². The van der Waals surface area contributed by atoms with Gasteiger partial charge in [0.15, 0.2) is 0 Å². The van der Waals surface area contributed by atoms with Gasteiger partial charge < -0.3 is 0 Å². The SMILES string of the molecule is CCCCCCCC/C=C(\C)C(CCCCCCCCCCCCCC)N1C(=O)CCC1=O. The molecule has 1 atom stereocenters. The Balaban J connectivity index is 2.30. The predicted octanol–water partition coefficient (Wildman–Crippen LogP) is 9.29. The van der Waals surface area contributed by atoms with E-state index in [9.17, 15) is 9.59 Å². The lowest BCUT2D eigenvalue weighted by atomic mass is 9.97. The quantitative estimate of drug-likeness (QED) is 0.0914. The van der Waals surface area contributed by atoms with E-state index in [2.05, 4.69) is 26.8 Å². The molecule has 192 valence electrons. The lowest BCUT2D eigenvalue weighted by Crippen LogP contribution is -2.40. The summed E-state index contributed by atoms with van der Waals surface area (Å²) in [5.74, 6) is 0.0764. The molecule has 2 amide bonds. The zero-order chi connectivity index (χ0) is 24.2. The smallest absolute Gasteiger partial charge is 0.230 e. The van der Waals surface area contributed by atoms with Gasteiger partial charge in [0.1, 0.15) is 0 Å². The number of nitrogens with zero attached hydrogens (tertiary/aromatic N) is 1. The maximum atomic E-state index is 12.4.